The molecule has 0 aromatic heterocycles. The van der Waals surface area contributed by atoms with Crippen molar-refractivity contribution in [2.45, 2.75) is 25.3 Å². The predicted octanol–water partition coefficient (Wildman–Crippen LogP) is 3.51. The van der Waals surface area contributed by atoms with Gasteiger partial charge >= 0.3 is 6.09 Å². The summed E-state index contributed by atoms with van der Waals surface area (Å²) in [7, 11) is 1.48. The van der Waals surface area contributed by atoms with Crippen LogP contribution < -0.4 is 14.4 Å². The van der Waals surface area contributed by atoms with Crippen molar-refractivity contribution in [3.8, 4) is 11.5 Å². The number of hydrogen-bond donors (Lipinski definition) is 1. The molecule has 2 aromatic rings. The van der Waals surface area contributed by atoms with Crippen molar-refractivity contribution in [3.63, 3.8) is 0 Å². The fourth-order valence-electron chi connectivity index (χ4n) is 4.12. The molecule has 4 rings (SSSR count). The number of rotatable bonds is 6. The van der Waals surface area contributed by atoms with Gasteiger partial charge in [0.15, 0.2) is 17.7 Å². The Hall–Kier alpha value is -3.78. The van der Waals surface area contributed by atoms with Crippen LogP contribution in [0.5, 0.6) is 11.5 Å². The average Bonchev–Trinajstić information content (AvgIpc) is 3.20. The lowest BCUT2D eigenvalue weighted by atomic mass is 10.1. The summed E-state index contributed by atoms with van der Waals surface area (Å²) in [5.41, 5.74) is 2.12. The summed E-state index contributed by atoms with van der Waals surface area (Å²) in [6, 6.07) is 12.0. The molecule has 0 radical (unpaired) electrons. The quantitative estimate of drug-likeness (QED) is 0.678. The lowest BCUT2D eigenvalue weighted by molar-refractivity contribution is 0.0496. The fourth-order valence-corrected chi connectivity index (χ4v) is 4.12. The van der Waals surface area contributed by atoms with Crippen LogP contribution >= 0.6 is 0 Å². The summed E-state index contributed by atoms with van der Waals surface area (Å²) < 4.78 is 16.7. The van der Waals surface area contributed by atoms with Crippen molar-refractivity contribution in [1.82, 2.24) is 4.90 Å². The average molecular weight is 450 g/mol. The number of benzene rings is 2. The number of aliphatic hydroxyl groups excluding tert-OH is 1. The van der Waals surface area contributed by atoms with Gasteiger partial charge in [0.1, 0.15) is 13.2 Å². The minimum Gasteiger partial charge on any atom is -0.493 e. The van der Waals surface area contributed by atoms with E-state index in [9.17, 15) is 14.7 Å². The fraction of sp³-hybridized carbons (Fsp3) is 0.280. The molecule has 2 heterocycles. The molecule has 2 atom stereocenters. The number of ether oxygens (including phenoxy) is 3. The summed E-state index contributed by atoms with van der Waals surface area (Å²) in [6.45, 7) is 8.02. The van der Waals surface area contributed by atoms with Crippen molar-refractivity contribution in [1.29, 1.82) is 0 Å². The van der Waals surface area contributed by atoms with Crippen molar-refractivity contribution >= 4 is 17.7 Å². The molecule has 0 spiro atoms. The Kier molecular flexibility index (Phi) is 6.37. The van der Waals surface area contributed by atoms with Gasteiger partial charge in [-0.05, 0) is 18.1 Å². The highest BCUT2D eigenvalue weighted by atomic mass is 16.6. The Bertz CT molecular complexity index is 1080. The van der Waals surface area contributed by atoms with E-state index in [4.69, 9.17) is 14.2 Å². The second-order valence-electron chi connectivity index (χ2n) is 7.90. The van der Waals surface area contributed by atoms with Gasteiger partial charge in [0.2, 0.25) is 0 Å². The van der Waals surface area contributed by atoms with Crippen LogP contribution in [-0.4, -0.2) is 54.5 Å². The normalized spacial score (nSPS) is 19.5. The second kappa shape index (κ2) is 9.38. The van der Waals surface area contributed by atoms with Gasteiger partial charge in [0.05, 0.1) is 24.4 Å². The van der Waals surface area contributed by atoms with E-state index >= 15 is 0 Å². The molecule has 2 aliphatic heterocycles. The molecule has 0 unspecified atom stereocenters. The zero-order chi connectivity index (χ0) is 23.5. The van der Waals surface area contributed by atoms with Crippen LogP contribution in [0, 0.1) is 0 Å². The standard InChI is InChI=1S/C25H26N2O6/c1-4-10-32-25(30)27-19-13-22(33-15-17-8-6-5-7-9-17)21(31-3)12-18(19)23(28)26-14-16(2)11-20(26)24(27)29/h4-9,12-13,20,24,29H,1-2,10-11,14-15H2,3H3/t20-,24-/m0/s1. The highest BCUT2D eigenvalue weighted by molar-refractivity contribution is 6.06. The minimum absolute atomic E-state index is 0.0417. The van der Waals surface area contributed by atoms with E-state index in [0.717, 1.165) is 16.0 Å². The number of nitrogens with zero attached hydrogens (tertiary/aromatic N) is 2. The number of carbonyl (C=O) groups is 2. The van der Waals surface area contributed by atoms with Crippen LogP contribution in [0.1, 0.15) is 22.3 Å². The molecule has 2 aliphatic rings. The Morgan fingerprint density at radius 3 is 2.70 bits per heavy atom. The Morgan fingerprint density at radius 2 is 2.00 bits per heavy atom. The number of carbonyl (C=O) groups excluding carboxylic acids is 2. The molecule has 8 nitrogen and oxygen atoms in total. The smallest absolute Gasteiger partial charge is 0.416 e. The first-order valence-electron chi connectivity index (χ1n) is 10.6. The second-order valence-corrected chi connectivity index (χ2v) is 7.90. The number of anilines is 1. The van der Waals surface area contributed by atoms with Gasteiger partial charge in [-0.1, -0.05) is 55.1 Å². The molecule has 172 valence electrons. The minimum atomic E-state index is -1.33. The zero-order valence-electron chi connectivity index (χ0n) is 18.4. The molecule has 1 fully saturated rings. The molecule has 1 saturated heterocycles. The van der Waals surface area contributed by atoms with Gasteiger partial charge < -0.3 is 24.2 Å². The molecular formula is C25H26N2O6. The van der Waals surface area contributed by atoms with Crippen molar-refractivity contribution < 1.29 is 28.9 Å². The number of methoxy groups -OCH3 is 1. The molecule has 1 N–H and O–H groups in total. The number of aliphatic hydroxyl groups is 1. The van der Waals surface area contributed by atoms with Crippen LogP contribution in [0.25, 0.3) is 0 Å². The molecule has 33 heavy (non-hydrogen) atoms. The van der Waals surface area contributed by atoms with Crippen LogP contribution in [0.3, 0.4) is 0 Å². The van der Waals surface area contributed by atoms with Crippen molar-refractivity contribution in [2.75, 3.05) is 25.2 Å². The predicted molar refractivity (Wildman–Crippen MR) is 122 cm³/mol. The molecular weight excluding hydrogens is 424 g/mol. The lowest BCUT2D eigenvalue weighted by Gasteiger charge is -2.31. The summed E-state index contributed by atoms with van der Waals surface area (Å²) in [5.74, 6) is 0.330. The van der Waals surface area contributed by atoms with E-state index in [1.807, 2.05) is 30.3 Å². The third-order valence-corrected chi connectivity index (χ3v) is 5.69. The first kappa shape index (κ1) is 22.4. The third-order valence-electron chi connectivity index (χ3n) is 5.69. The topological polar surface area (TPSA) is 88.5 Å². The maximum Gasteiger partial charge on any atom is 0.416 e. The van der Waals surface area contributed by atoms with E-state index < -0.39 is 18.4 Å². The van der Waals surface area contributed by atoms with Crippen LogP contribution in [0.15, 0.2) is 67.3 Å². The van der Waals surface area contributed by atoms with Crippen LogP contribution in [-0.2, 0) is 11.3 Å². The summed E-state index contributed by atoms with van der Waals surface area (Å²) in [5, 5.41) is 11.2. The summed E-state index contributed by atoms with van der Waals surface area (Å²) >= 11 is 0. The van der Waals surface area contributed by atoms with Gasteiger partial charge in [-0.2, -0.15) is 0 Å². The molecule has 8 heteroatoms. The molecule has 2 aromatic carbocycles. The molecule has 0 bridgehead atoms. The summed E-state index contributed by atoms with van der Waals surface area (Å²) in [6.07, 6.45) is -0.321. The lowest BCUT2D eigenvalue weighted by Crippen LogP contribution is -2.50. The Balaban J connectivity index is 1.79. The van der Waals surface area contributed by atoms with E-state index in [1.165, 1.54) is 30.2 Å². The molecule has 0 aliphatic carbocycles. The highest BCUT2D eigenvalue weighted by Crippen LogP contribution is 2.42. The third kappa shape index (κ3) is 4.29. The van der Waals surface area contributed by atoms with Gasteiger partial charge in [-0.25, -0.2) is 9.69 Å². The number of amides is 2. The highest BCUT2D eigenvalue weighted by Gasteiger charge is 2.46. The maximum atomic E-state index is 13.4. The summed E-state index contributed by atoms with van der Waals surface area (Å²) in [4.78, 5) is 29.0. The monoisotopic (exact) mass is 450 g/mol. The largest absolute Gasteiger partial charge is 0.493 e. The van der Waals surface area contributed by atoms with E-state index in [0.29, 0.717) is 24.5 Å². The zero-order valence-corrected chi connectivity index (χ0v) is 18.4. The van der Waals surface area contributed by atoms with Crippen LogP contribution in [0.4, 0.5) is 10.5 Å². The number of fused-ring (bicyclic) bond motifs is 2. The van der Waals surface area contributed by atoms with E-state index in [-0.39, 0.29) is 30.4 Å². The first-order valence-corrected chi connectivity index (χ1v) is 10.6. The van der Waals surface area contributed by atoms with Gasteiger partial charge in [-0.3, -0.25) is 4.79 Å². The first-order chi connectivity index (χ1) is 15.9. The molecule has 0 saturated carbocycles. The van der Waals surface area contributed by atoms with E-state index in [2.05, 4.69) is 13.2 Å². The maximum absolute atomic E-state index is 13.4. The van der Waals surface area contributed by atoms with Crippen molar-refractivity contribution in [3.05, 3.63) is 78.4 Å². The Morgan fingerprint density at radius 1 is 1.24 bits per heavy atom. The number of hydrogen-bond acceptors (Lipinski definition) is 6. The van der Waals surface area contributed by atoms with Crippen LogP contribution in [0.2, 0.25) is 0 Å². The molecule has 2 amide bonds. The van der Waals surface area contributed by atoms with Gasteiger partial charge in [0, 0.05) is 12.6 Å². The van der Waals surface area contributed by atoms with Crippen molar-refractivity contribution in [2.24, 2.45) is 0 Å². The van der Waals surface area contributed by atoms with Gasteiger partial charge in [-0.15, -0.1) is 0 Å². The SMILES string of the molecule is C=CCOC(=O)N1c2cc(OCc3ccccc3)c(OC)cc2C(=O)N2CC(=C)C[C@H]2[C@@H]1O. The Labute approximate surface area is 192 Å². The van der Waals surface area contributed by atoms with E-state index in [1.54, 1.807) is 0 Å². The van der Waals surface area contributed by atoms with Gasteiger partial charge in [0.25, 0.3) is 5.91 Å².